The first-order valence-corrected chi connectivity index (χ1v) is 11.8. The summed E-state index contributed by atoms with van der Waals surface area (Å²) in [6, 6.07) is 3.95. The molecule has 9 nitrogen and oxygen atoms in total. The molecule has 7 N–H and O–H groups in total. The number of pyridine rings is 1. The van der Waals surface area contributed by atoms with Crippen molar-refractivity contribution in [2.75, 3.05) is 32.6 Å². The number of aliphatic imine (C=N–C) groups is 2. The van der Waals surface area contributed by atoms with E-state index < -0.39 is 0 Å². The lowest BCUT2D eigenvalue weighted by molar-refractivity contribution is 0.404. The van der Waals surface area contributed by atoms with Gasteiger partial charge >= 0.3 is 0 Å². The third-order valence-electron chi connectivity index (χ3n) is 5.95. The third kappa shape index (κ3) is 6.44. The first-order chi connectivity index (χ1) is 17.2. The van der Waals surface area contributed by atoms with Crippen molar-refractivity contribution in [3.63, 3.8) is 0 Å². The van der Waals surface area contributed by atoms with Crippen molar-refractivity contribution in [2.45, 2.75) is 19.9 Å². The molecule has 1 atom stereocenters. The van der Waals surface area contributed by atoms with E-state index in [1.54, 1.807) is 31.7 Å². The molecule has 0 aromatic carbocycles. The Labute approximate surface area is 213 Å². The van der Waals surface area contributed by atoms with Crippen LogP contribution in [-0.4, -0.2) is 55.7 Å². The fourth-order valence-corrected chi connectivity index (χ4v) is 3.98. The van der Waals surface area contributed by atoms with Crippen LogP contribution in [-0.2, 0) is 0 Å². The number of aromatic nitrogens is 1. The average Bonchev–Trinajstić information content (AvgIpc) is 2.85. The zero-order valence-electron chi connectivity index (χ0n) is 21.7. The van der Waals surface area contributed by atoms with Crippen LogP contribution in [0.15, 0.2) is 105 Å². The molecule has 2 aliphatic rings. The van der Waals surface area contributed by atoms with Gasteiger partial charge in [-0.1, -0.05) is 19.9 Å². The van der Waals surface area contributed by atoms with Crippen LogP contribution in [0.2, 0.25) is 0 Å². The highest BCUT2D eigenvalue weighted by atomic mass is 15.2. The average molecular weight is 488 g/mol. The van der Waals surface area contributed by atoms with Crippen LogP contribution in [0.4, 0.5) is 5.69 Å². The Hall–Kier alpha value is -4.27. The number of nitrogens with zero attached hydrogens (tertiary/aromatic N) is 5. The lowest BCUT2D eigenvalue weighted by atomic mass is 9.96. The number of likely N-dealkylation sites (N-methyl/N-ethyl adjacent to an activating group) is 2. The van der Waals surface area contributed by atoms with Gasteiger partial charge < -0.3 is 32.3 Å². The fraction of sp³-hybridized carbons (Fsp3) is 0.296. The van der Waals surface area contributed by atoms with Crippen LogP contribution >= 0.6 is 0 Å². The first-order valence-electron chi connectivity index (χ1n) is 11.8. The van der Waals surface area contributed by atoms with Crippen molar-refractivity contribution in [1.29, 1.82) is 0 Å². The smallest absolute Gasteiger partial charge is 0.132 e. The molecule has 0 aliphatic carbocycles. The van der Waals surface area contributed by atoms with Crippen molar-refractivity contribution in [3.8, 4) is 0 Å². The largest absolute Gasteiger partial charge is 0.404 e. The van der Waals surface area contributed by atoms with E-state index in [9.17, 15) is 0 Å². The third-order valence-corrected chi connectivity index (χ3v) is 5.95. The second kappa shape index (κ2) is 11.9. The van der Waals surface area contributed by atoms with E-state index in [4.69, 9.17) is 17.2 Å². The molecular weight excluding hydrogens is 450 g/mol. The van der Waals surface area contributed by atoms with Gasteiger partial charge in [0, 0.05) is 62.3 Å². The van der Waals surface area contributed by atoms with Crippen molar-refractivity contribution in [1.82, 2.24) is 15.2 Å². The molecule has 0 saturated carbocycles. The van der Waals surface area contributed by atoms with Gasteiger partial charge in [0.25, 0.3) is 0 Å². The number of hydrogen-bond acceptors (Lipinski definition) is 8. The Bertz CT molecular complexity index is 1180. The number of allylic oxidation sites excluding steroid dienone is 5. The Morgan fingerprint density at radius 1 is 1.33 bits per heavy atom. The molecule has 0 amide bonds. The Kier molecular flexibility index (Phi) is 8.72. The minimum absolute atomic E-state index is 0.0483. The summed E-state index contributed by atoms with van der Waals surface area (Å²) >= 11 is 0. The Morgan fingerprint density at radius 2 is 2.11 bits per heavy atom. The van der Waals surface area contributed by atoms with Gasteiger partial charge in [-0.15, -0.1) is 0 Å². The topological polar surface area (TPSA) is 134 Å². The quantitative estimate of drug-likeness (QED) is 0.327. The normalized spacial score (nSPS) is 20.2. The van der Waals surface area contributed by atoms with Gasteiger partial charge in [0.05, 0.1) is 24.5 Å². The molecule has 9 heteroatoms. The van der Waals surface area contributed by atoms with E-state index in [-0.39, 0.29) is 12.0 Å². The minimum Gasteiger partial charge on any atom is -0.404 e. The Balaban J connectivity index is 1.89. The van der Waals surface area contributed by atoms with E-state index in [1.807, 2.05) is 38.5 Å². The summed E-state index contributed by atoms with van der Waals surface area (Å²) in [6.45, 7) is 4.63. The number of nitrogens with one attached hydrogen (secondary N) is 1. The van der Waals surface area contributed by atoms with Crippen molar-refractivity contribution in [2.24, 2.45) is 33.1 Å². The number of nitrogens with two attached hydrogens (primary N) is 3. The first kappa shape index (κ1) is 26.3. The predicted molar refractivity (Wildman–Crippen MR) is 150 cm³/mol. The fourth-order valence-electron chi connectivity index (χ4n) is 3.98. The molecule has 0 fully saturated rings. The zero-order valence-corrected chi connectivity index (χ0v) is 21.7. The second-order valence-electron chi connectivity index (χ2n) is 9.06. The van der Waals surface area contributed by atoms with Crippen LogP contribution in [0, 0.1) is 5.92 Å². The van der Waals surface area contributed by atoms with Crippen LogP contribution < -0.4 is 27.4 Å². The van der Waals surface area contributed by atoms with Crippen molar-refractivity contribution < 1.29 is 0 Å². The second-order valence-corrected chi connectivity index (χ2v) is 9.06. The molecule has 190 valence electrons. The van der Waals surface area contributed by atoms with Gasteiger partial charge in [-0.05, 0) is 48.1 Å². The highest BCUT2D eigenvalue weighted by Crippen LogP contribution is 2.26. The summed E-state index contributed by atoms with van der Waals surface area (Å²) in [5, 5.41) is 3.41. The summed E-state index contributed by atoms with van der Waals surface area (Å²) in [6.07, 6.45) is 16.9. The maximum absolute atomic E-state index is 6.60. The monoisotopic (exact) mass is 487 g/mol. The van der Waals surface area contributed by atoms with Gasteiger partial charge in [-0.25, -0.2) is 4.99 Å². The highest BCUT2D eigenvalue weighted by Gasteiger charge is 2.25. The maximum atomic E-state index is 6.60. The van der Waals surface area contributed by atoms with E-state index >= 15 is 0 Å². The van der Waals surface area contributed by atoms with Gasteiger partial charge in [-0.3, -0.25) is 9.98 Å². The Morgan fingerprint density at radius 3 is 2.75 bits per heavy atom. The van der Waals surface area contributed by atoms with Gasteiger partial charge in [0.1, 0.15) is 11.7 Å². The summed E-state index contributed by atoms with van der Waals surface area (Å²) in [4.78, 5) is 17.2. The van der Waals surface area contributed by atoms with E-state index in [2.05, 4.69) is 62.3 Å². The molecule has 2 aliphatic heterocycles. The van der Waals surface area contributed by atoms with Gasteiger partial charge in [0.15, 0.2) is 0 Å². The van der Waals surface area contributed by atoms with Crippen LogP contribution in [0.5, 0.6) is 0 Å². The standard InChI is InChI=1S/C27H37N9/c1-18(2)19(13-28)12-26(30)34-27-9-8-25-24(33-27)11-20(16-36(25)5)22(15-31-3)23(29)17-35(4)21-7-6-10-32-14-21/h6-16,18,25H,17,28-30H2,1-5H3,(H,33,34)/b19-13+,23-22?,26-12+,31-15?. The zero-order chi connectivity index (χ0) is 26.2. The molecule has 3 heterocycles. The van der Waals surface area contributed by atoms with Crippen LogP contribution in [0.1, 0.15) is 13.8 Å². The lowest BCUT2D eigenvalue weighted by Gasteiger charge is -2.34. The summed E-state index contributed by atoms with van der Waals surface area (Å²) in [7, 11) is 5.75. The molecule has 1 aromatic rings. The van der Waals surface area contributed by atoms with Crippen LogP contribution in [0.3, 0.4) is 0 Å². The molecular formula is C27H37N9. The molecule has 1 unspecified atom stereocenters. The minimum atomic E-state index is 0.0483. The summed E-state index contributed by atoms with van der Waals surface area (Å²) < 4.78 is 0. The molecule has 1 aromatic heterocycles. The molecule has 0 radical (unpaired) electrons. The van der Waals surface area contributed by atoms with Crippen molar-refractivity contribution in [3.05, 3.63) is 95.2 Å². The predicted octanol–water partition coefficient (Wildman–Crippen LogP) is 2.37. The van der Waals surface area contributed by atoms with Gasteiger partial charge in [0.2, 0.25) is 0 Å². The molecule has 3 rings (SSSR count). The molecule has 36 heavy (non-hydrogen) atoms. The maximum Gasteiger partial charge on any atom is 0.132 e. The number of fused-ring (bicyclic) bond motifs is 1. The molecule has 0 spiro atoms. The number of hydrogen-bond donors (Lipinski definition) is 4. The number of rotatable bonds is 8. The molecule has 0 bridgehead atoms. The summed E-state index contributed by atoms with van der Waals surface area (Å²) in [5.41, 5.74) is 23.9. The van der Waals surface area contributed by atoms with E-state index in [0.29, 0.717) is 23.9 Å². The SMILES string of the molecule is CN=CC(C1=CN(C)C2C=CC(=N/C(N)=C/C(=C\N)C(C)C)NC2=C1)=C(N)CN(C)c1cccnc1. The van der Waals surface area contributed by atoms with Crippen molar-refractivity contribution >= 4 is 17.7 Å². The van der Waals surface area contributed by atoms with Crippen LogP contribution in [0.25, 0.3) is 0 Å². The molecule has 0 saturated heterocycles. The van der Waals surface area contributed by atoms with E-state index in [0.717, 1.165) is 28.1 Å². The highest BCUT2D eigenvalue weighted by molar-refractivity contribution is 5.97. The summed E-state index contributed by atoms with van der Waals surface area (Å²) in [5.74, 6) is 1.29. The van der Waals surface area contributed by atoms with E-state index in [1.165, 1.54) is 0 Å². The number of anilines is 1. The lowest BCUT2D eigenvalue weighted by Crippen LogP contribution is -2.41. The number of amidine groups is 1. The van der Waals surface area contributed by atoms with Gasteiger partial charge in [-0.2, -0.15) is 0 Å².